The van der Waals surface area contributed by atoms with E-state index in [2.05, 4.69) is 34.2 Å². The molecule has 0 aliphatic carbocycles. The number of nitrogens with zero attached hydrogens (tertiary/aromatic N) is 1. The van der Waals surface area contributed by atoms with Crippen LogP contribution >= 0.6 is 0 Å². The number of ether oxygens (including phenoxy) is 1. The highest BCUT2D eigenvalue weighted by atomic mass is 32.2. The Morgan fingerprint density at radius 2 is 1.80 bits per heavy atom. The fourth-order valence-electron chi connectivity index (χ4n) is 1.44. The van der Waals surface area contributed by atoms with E-state index in [9.17, 15) is 17.8 Å². The standard InChI is InChI=1S/C10H20NO2.C8H8O3S/c1-6-11(4,5)7-8-13-10(12)9(2)3;1-2-7-3-5-8(6-4-7)12(9,10)11/h2,6-8H2,1,3-5H3;2-6H,1H2,(H,9,10,11)/q+1;/p-1. The average Bonchev–Trinajstić information content (AvgIpc) is 2.54. The fourth-order valence-corrected chi connectivity index (χ4v) is 1.91. The van der Waals surface area contributed by atoms with Gasteiger partial charge in [0, 0.05) is 5.57 Å². The van der Waals surface area contributed by atoms with E-state index in [1.54, 1.807) is 13.0 Å². The lowest BCUT2D eigenvalue weighted by atomic mass is 10.2. The van der Waals surface area contributed by atoms with Crippen LogP contribution < -0.4 is 0 Å². The number of benzene rings is 1. The van der Waals surface area contributed by atoms with E-state index >= 15 is 0 Å². The van der Waals surface area contributed by atoms with Crippen molar-refractivity contribution < 1.29 is 27.0 Å². The van der Waals surface area contributed by atoms with Crippen molar-refractivity contribution in [3.05, 3.63) is 48.6 Å². The molecule has 0 aliphatic heterocycles. The Bertz CT molecular complexity index is 691. The number of likely N-dealkylation sites (N-methyl/N-ethyl adjacent to an activating group) is 1. The van der Waals surface area contributed by atoms with Crippen LogP contribution in [0.15, 0.2) is 47.9 Å². The molecule has 1 aromatic rings. The summed E-state index contributed by atoms with van der Waals surface area (Å²) in [5.74, 6) is -0.295. The minimum atomic E-state index is -4.31. The minimum Gasteiger partial charge on any atom is -0.744 e. The normalized spacial score (nSPS) is 11.1. The van der Waals surface area contributed by atoms with E-state index in [0.717, 1.165) is 23.1 Å². The van der Waals surface area contributed by atoms with Crippen LogP contribution in [0.1, 0.15) is 19.4 Å². The summed E-state index contributed by atoms with van der Waals surface area (Å²) in [5.41, 5.74) is 1.24. The van der Waals surface area contributed by atoms with Crippen molar-refractivity contribution in [3.8, 4) is 0 Å². The molecule has 0 amide bonds. The molecular weight excluding hydrogens is 342 g/mol. The molecule has 6 nitrogen and oxygen atoms in total. The van der Waals surface area contributed by atoms with Crippen molar-refractivity contribution in [2.24, 2.45) is 0 Å². The largest absolute Gasteiger partial charge is 0.744 e. The molecule has 0 radical (unpaired) electrons. The minimum absolute atomic E-state index is 0.215. The van der Waals surface area contributed by atoms with Gasteiger partial charge in [-0.25, -0.2) is 13.2 Å². The summed E-state index contributed by atoms with van der Waals surface area (Å²) in [6.07, 6.45) is 1.57. The predicted octanol–water partition coefficient (Wildman–Crippen LogP) is 2.44. The summed E-state index contributed by atoms with van der Waals surface area (Å²) in [4.78, 5) is 10.8. The van der Waals surface area contributed by atoms with E-state index in [1.807, 2.05) is 0 Å². The third-order valence-electron chi connectivity index (χ3n) is 3.54. The van der Waals surface area contributed by atoms with Gasteiger partial charge in [0.15, 0.2) is 0 Å². The Morgan fingerprint density at radius 3 is 2.16 bits per heavy atom. The van der Waals surface area contributed by atoms with Gasteiger partial charge in [0.1, 0.15) is 23.3 Å². The van der Waals surface area contributed by atoms with Gasteiger partial charge in [0.2, 0.25) is 0 Å². The molecule has 140 valence electrons. The van der Waals surface area contributed by atoms with E-state index in [-0.39, 0.29) is 10.9 Å². The van der Waals surface area contributed by atoms with E-state index in [1.165, 1.54) is 24.3 Å². The van der Waals surface area contributed by atoms with Gasteiger partial charge in [-0.2, -0.15) is 0 Å². The van der Waals surface area contributed by atoms with Gasteiger partial charge in [-0.1, -0.05) is 31.4 Å². The zero-order valence-corrected chi connectivity index (χ0v) is 16.1. The second kappa shape index (κ2) is 10.1. The van der Waals surface area contributed by atoms with Crippen LogP contribution in [0.2, 0.25) is 0 Å². The highest BCUT2D eigenvalue weighted by molar-refractivity contribution is 7.85. The molecule has 25 heavy (non-hydrogen) atoms. The Labute approximate surface area is 150 Å². The van der Waals surface area contributed by atoms with Crippen LogP contribution in [0, 0.1) is 0 Å². The number of carbonyl (C=O) groups is 1. The van der Waals surface area contributed by atoms with Crippen molar-refractivity contribution >= 4 is 22.2 Å². The Kier molecular flexibility index (Phi) is 9.33. The summed E-state index contributed by atoms with van der Waals surface area (Å²) in [5, 5.41) is 0. The molecule has 0 unspecified atom stereocenters. The number of hydrogen-bond acceptors (Lipinski definition) is 5. The number of quaternary nitrogens is 1. The summed E-state index contributed by atoms with van der Waals surface area (Å²) in [6, 6.07) is 5.58. The van der Waals surface area contributed by atoms with Crippen LogP contribution in [0.3, 0.4) is 0 Å². The lowest BCUT2D eigenvalue weighted by molar-refractivity contribution is -0.888. The lowest BCUT2D eigenvalue weighted by Crippen LogP contribution is -2.42. The summed E-state index contributed by atoms with van der Waals surface area (Å²) >= 11 is 0. The Hall–Kier alpha value is -1.96. The van der Waals surface area contributed by atoms with Crippen LogP contribution in [0.5, 0.6) is 0 Å². The molecule has 1 aromatic carbocycles. The maximum Gasteiger partial charge on any atom is 0.333 e. The SMILES string of the molecule is C=C(C)C(=O)OCC[N+](C)(C)CC.C=Cc1ccc(S(=O)(=O)[O-])cc1. The van der Waals surface area contributed by atoms with Crippen molar-refractivity contribution in [2.45, 2.75) is 18.7 Å². The van der Waals surface area contributed by atoms with Gasteiger partial charge in [-0.05, 0) is 31.5 Å². The molecule has 0 spiro atoms. The first-order valence-electron chi connectivity index (χ1n) is 7.76. The maximum absolute atomic E-state index is 11.0. The van der Waals surface area contributed by atoms with Crippen LogP contribution in [0.25, 0.3) is 6.08 Å². The van der Waals surface area contributed by atoms with Gasteiger partial charge in [0.05, 0.1) is 25.5 Å². The zero-order chi connectivity index (χ0) is 19.7. The van der Waals surface area contributed by atoms with Crippen LogP contribution in [-0.4, -0.2) is 57.2 Å². The lowest BCUT2D eigenvalue weighted by Gasteiger charge is -2.27. The summed E-state index contributed by atoms with van der Waals surface area (Å²) < 4.78 is 37.2. The number of rotatable bonds is 7. The molecule has 0 saturated heterocycles. The van der Waals surface area contributed by atoms with Gasteiger partial charge in [-0.3, -0.25) is 0 Å². The van der Waals surface area contributed by atoms with Crippen molar-refractivity contribution in [1.29, 1.82) is 0 Å². The second-order valence-electron chi connectivity index (χ2n) is 6.12. The molecule has 0 bridgehead atoms. The first kappa shape index (κ1) is 23.0. The van der Waals surface area contributed by atoms with Crippen LogP contribution in [0.4, 0.5) is 0 Å². The average molecular weight is 369 g/mol. The van der Waals surface area contributed by atoms with Gasteiger partial charge < -0.3 is 13.8 Å². The highest BCUT2D eigenvalue weighted by Gasteiger charge is 2.12. The molecule has 0 atom stereocenters. The van der Waals surface area contributed by atoms with Crippen LogP contribution in [-0.2, 0) is 19.6 Å². The predicted molar refractivity (Wildman–Crippen MR) is 97.8 cm³/mol. The van der Waals surface area contributed by atoms with E-state index in [4.69, 9.17) is 4.74 Å². The van der Waals surface area contributed by atoms with Crippen molar-refractivity contribution in [3.63, 3.8) is 0 Å². The van der Waals surface area contributed by atoms with Gasteiger partial charge in [0.25, 0.3) is 0 Å². The molecule has 0 heterocycles. The zero-order valence-electron chi connectivity index (χ0n) is 15.3. The first-order valence-corrected chi connectivity index (χ1v) is 9.17. The monoisotopic (exact) mass is 369 g/mol. The van der Waals surface area contributed by atoms with E-state index < -0.39 is 10.1 Å². The number of esters is 1. The topological polar surface area (TPSA) is 83.5 Å². The van der Waals surface area contributed by atoms with Crippen molar-refractivity contribution in [2.75, 3.05) is 33.8 Å². The smallest absolute Gasteiger partial charge is 0.333 e. The number of hydrogen-bond donors (Lipinski definition) is 0. The third-order valence-corrected chi connectivity index (χ3v) is 4.39. The summed E-state index contributed by atoms with van der Waals surface area (Å²) in [7, 11) is -0.101. The molecule has 0 fully saturated rings. The maximum atomic E-state index is 11.0. The third kappa shape index (κ3) is 9.81. The van der Waals surface area contributed by atoms with E-state index in [0.29, 0.717) is 12.2 Å². The molecule has 0 aliphatic rings. The quantitative estimate of drug-likeness (QED) is 0.319. The Balaban J connectivity index is 0.000000462. The second-order valence-corrected chi connectivity index (χ2v) is 7.50. The molecule has 0 aromatic heterocycles. The molecular formula is C18H27NO5S. The number of carbonyl (C=O) groups excluding carboxylic acids is 1. The molecule has 7 heteroatoms. The summed E-state index contributed by atoms with van der Waals surface area (Å²) in [6.45, 7) is 13.1. The molecule has 1 rings (SSSR count). The van der Waals surface area contributed by atoms with Crippen molar-refractivity contribution in [1.82, 2.24) is 0 Å². The molecule has 0 N–H and O–H groups in total. The van der Waals surface area contributed by atoms with Gasteiger partial charge >= 0.3 is 5.97 Å². The molecule has 0 saturated carbocycles. The fraction of sp³-hybridized carbons (Fsp3) is 0.389. The van der Waals surface area contributed by atoms with Gasteiger partial charge in [-0.15, -0.1) is 0 Å². The first-order chi connectivity index (χ1) is 11.4. The highest BCUT2D eigenvalue weighted by Crippen LogP contribution is 2.10. The Morgan fingerprint density at radius 1 is 1.28 bits per heavy atom.